The third-order valence-electron chi connectivity index (χ3n) is 4.27. The van der Waals surface area contributed by atoms with Crippen molar-refractivity contribution in [1.82, 2.24) is 19.3 Å². The minimum absolute atomic E-state index is 0.0402. The van der Waals surface area contributed by atoms with Crippen molar-refractivity contribution < 1.29 is 18.0 Å². The zero-order chi connectivity index (χ0) is 21.4. The highest BCUT2D eigenvalue weighted by Crippen LogP contribution is 2.29. The molecule has 0 aliphatic heterocycles. The lowest BCUT2D eigenvalue weighted by Crippen LogP contribution is -2.26. The van der Waals surface area contributed by atoms with Crippen LogP contribution in [-0.2, 0) is 23.1 Å². The molecule has 0 atom stereocenters. The SMILES string of the molecule is CC(C)(C)n1ncc2c(=O)n(CCC(=O)Nc3ccc(C(F)(F)F)cc3)cnc21. The Hall–Kier alpha value is -3.17. The van der Waals surface area contributed by atoms with Crippen LogP contribution in [0.3, 0.4) is 0 Å². The molecule has 0 unspecified atom stereocenters. The molecular formula is C19H20F3N5O2. The van der Waals surface area contributed by atoms with Crippen molar-refractivity contribution >= 4 is 22.6 Å². The van der Waals surface area contributed by atoms with Crippen molar-refractivity contribution in [3.05, 3.63) is 52.7 Å². The summed E-state index contributed by atoms with van der Waals surface area (Å²) in [4.78, 5) is 29.0. The monoisotopic (exact) mass is 407 g/mol. The van der Waals surface area contributed by atoms with E-state index in [-0.39, 0.29) is 29.8 Å². The molecule has 1 amide bonds. The summed E-state index contributed by atoms with van der Waals surface area (Å²) in [7, 11) is 0. The van der Waals surface area contributed by atoms with Gasteiger partial charge in [-0.2, -0.15) is 18.3 Å². The number of nitrogens with zero attached hydrogens (tertiary/aromatic N) is 4. The summed E-state index contributed by atoms with van der Waals surface area (Å²) in [6.07, 6.45) is -1.66. The van der Waals surface area contributed by atoms with Crippen molar-refractivity contribution in [3.63, 3.8) is 0 Å². The molecular weight excluding hydrogens is 387 g/mol. The number of alkyl halides is 3. The van der Waals surface area contributed by atoms with Gasteiger partial charge in [0.1, 0.15) is 5.39 Å². The highest BCUT2D eigenvalue weighted by Gasteiger charge is 2.30. The van der Waals surface area contributed by atoms with Gasteiger partial charge in [0.25, 0.3) is 5.56 Å². The summed E-state index contributed by atoms with van der Waals surface area (Å²) in [5.74, 6) is -0.429. The predicted molar refractivity (Wildman–Crippen MR) is 101 cm³/mol. The van der Waals surface area contributed by atoms with E-state index >= 15 is 0 Å². The van der Waals surface area contributed by atoms with Gasteiger partial charge in [-0.1, -0.05) is 0 Å². The van der Waals surface area contributed by atoms with Crippen LogP contribution in [0.5, 0.6) is 0 Å². The number of amides is 1. The van der Waals surface area contributed by atoms with E-state index in [9.17, 15) is 22.8 Å². The number of hydrogen-bond donors (Lipinski definition) is 1. The van der Waals surface area contributed by atoms with Crippen LogP contribution in [0.25, 0.3) is 11.0 Å². The summed E-state index contributed by atoms with van der Waals surface area (Å²) in [6, 6.07) is 4.15. The first-order valence-electron chi connectivity index (χ1n) is 8.87. The molecule has 2 heterocycles. The zero-order valence-electron chi connectivity index (χ0n) is 16.1. The zero-order valence-corrected chi connectivity index (χ0v) is 16.1. The highest BCUT2D eigenvalue weighted by molar-refractivity contribution is 5.90. The van der Waals surface area contributed by atoms with Gasteiger partial charge >= 0.3 is 6.18 Å². The van der Waals surface area contributed by atoms with E-state index in [4.69, 9.17) is 0 Å². The molecule has 10 heteroatoms. The van der Waals surface area contributed by atoms with Gasteiger partial charge in [-0.3, -0.25) is 14.2 Å². The smallest absolute Gasteiger partial charge is 0.326 e. The van der Waals surface area contributed by atoms with E-state index in [0.29, 0.717) is 11.0 Å². The van der Waals surface area contributed by atoms with Crippen molar-refractivity contribution in [1.29, 1.82) is 0 Å². The molecule has 0 bridgehead atoms. The number of hydrogen-bond acceptors (Lipinski definition) is 4. The fourth-order valence-corrected chi connectivity index (χ4v) is 2.79. The molecule has 0 radical (unpaired) electrons. The van der Waals surface area contributed by atoms with E-state index in [1.54, 1.807) is 4.68 Å². The number of aromatic nitrogens is 4. The molecule has 0 fully saturated rings. The third kappa shape index (κ3) is 4.47. The Labute approximate surface area is 164 Å². The van der Waals surface area contributed by atoms with Gasteiger partial charge in [-0.05, 0) is 45.0 Å². The first-order chi connectivity index (χ1) is 13.5. The van der Waals surface area contributed by atoms with Crippen LogP contribution in [0, 0.1) is 0 Å². The molecule has 154 valence electrons. The van der Waals surface area contributed by atoms with Crippen LogP contribution in [0.4, 0.5) is 18.9 Å². The number of benzene rings is 1. The number of fused-ring (bicyclic) bond motifs is 1. The normalized spacial score (nSPS) is 12.3. The number of halogens is 3. The van der Waals surface area contributed by atoms with Crippen LogP contribution in [0.2, 0.25) is 0 Å². The standard InChI is InChI=1S/C19H20F3N5O2/c1-18(2,3)27-16-14(10-24-27)17(29)26(11-23-16)9-8-15(28)25-13-6-4-12(5-7-13)19(20,21)22/h4-7,10-11H,8-9H2,1-3H3,(H,25,28). The third-order valence-corrected chi connectivity index (χ3v) is 4.27. The van der Waals surface area contributed by atoms with Gasteiger partial charge in [0.05, 0.1) is 23.6 Å². The Balaban J connectivity index is 1.68. The summed E-state index contributed by atoms with van der Waals surface area (Å²) < 4.78 is 40.7. The van der Waals surface area contributed by atoms with Gasteiger partial charge in [0, 0.05) is 18.7 Å². The number of aryl methyl sites for hydroxylation is 1. The molecule has 7 nitrogen and oxygen atoms in total. The van der Waals surface area contributed by atoms with Gasteiger partial charge in [0.2, 0.25) is 5.91 Å². The maximum absolute atomic E-state index is 12.6. The van der Waals surface area contributed by atoms with Crippen molar-refractivity contribution in [3.8, 4) is 0 Å². The molecule has 0 saturated carbocycles. The molecule has 1 N–H and O–H groups in total. The maximum Gasteiger partial charge on any atom is 0.416 e. The second kappa shape index (κ2) is 7.34. The van der Waals surface area contributed by atoms with Crippen molar-refractivity contribution in [2.24, 2.45) is 0 Å². The Kier molecular flexibility index (Phi) is 5.20. The van der Waals surface area contributed by atoms with E-state index in [1.165, 1.54) is 29.2 Å². The summed E-state index contributed by atoms with van der Waals surface area (Å²) in [5, 5.41) is 7.09. The summed E-state index contributed by atoms with van der Waals surface area (Å²) in [5.41, 5.74) is -0.733. The van der Waals surface area contributed by atoms with Crippen molar-refractivity contribution in [2.45, 2.75) is 45.5 Å². The minimum Gasteiger partial charge on any atom is -0.326 e. The first kappa shape index (κ1) is 20.6. The summed E-state index contributed by atoms with van der Waals surface area (Å²) in [6.45, 7) is 5.91. The van der Waals surface area contributed by atoms with Crippen LogP contribution in [-0.4, -0.2) is 25.2 Å². The number of carbonyl (C=O) groups excluding carboxylic acids is 1. The molecule has 2 aromatic heterocycles. The number of carbonyl (C=O) groups is 1. The number of nitrogens with one attached hydrogen (secondary N) is 1. The van der Waals surface area contributed by atoms with Gasteiger partial charge in [0.15, 0.2) is 5.65 Å². The van der Waals surface area contributed by atoms with Crippen LogP contribution in [0.15, 0.2) is 41.6 Å². The Morgan fingerprint density at radius 1 is 1.14 bits per heavy atom. The van der Waals surface area contributed by atoms with E-state index < -0.39 is 17.6 Å². The quantitative estimate of drug-likeness (QED) is 0.719. The number of anilines is 1. The summed E-state index contributed by atoms with van der Waals surface area (Å²) >= 11 is 0. The van der Waals surface area contributed by atoms with Crippen LogP contribution >= 0.6 is 0 Å². The highest BCUT2D eigenvalue weighted by atomic mass is 19.4. The average Bonchev–Trinajstić information content (AvgIpc) is 3.06. The largest absolute Gasteiger partial charge is 0.416 e. The fraction of sp³-hybridized carbons (Fsp3) is 0.368. The molecule has 3 rings (SSSR count). The predicted octanol–water partition coefficient (Wildman–Crippen LogP) is 3.40. The topological polar surface area (TPSA) is 81.8 Å². The molecule has 0 spiro atoms. The lowest BCUT2D eigenvalue weighted by atomic mass is 10.1. The lowest BCUT2D eigenvalue weighted by Gasteiger charge is -2.19. The molecule has 0 aliphatic rings. The van der Waals surface area contributed by atoms with Crippen LogP contribution < -0.4 is 10.9 Å². The second-order valence-corrected chi connectivity index (χ2v) is 7.58. The molecule has 0 aliphatic carbocycles. The Bertz CT molecular complexity index is 1090. The van der Waals surface area contributed by atoms with E-state index in [2.05, 4.69) is 15.4 Å². The average molecular weight is 407 g/mol. The van der Waals surface area contributed by atoms with Gasteiger partial charge < -0.3 is 5.32 Å². The van der Waals surface area contributed by atoms with Gasteiger partial charge in [-0.15, -0.1) is 0 Å². The second-order valence-electron chi connectivity index (χ2n) is 7.58. The van der Waals surface area contributed by atoms with E-state index in [0.717, 1.165) is 12.1 Å². The molecule has 3 aromatic rings. The molecule has 0 saturated heterocycles. The lowest BCUT2D eigenvalue weighted by molar-refractivity contribution is -0.137. The Morgan fingerprint density at radius 3 is 2.38 bits per heavy atom. The molecule has 29 heavy (non-hydrogen) atoms. The Morgan fingerprint density at radius 2 is 1.79 bits per heavy atom. The first-order valence-corrected chi connectivity index (χ1v) is 8.87. The van der Waals surface area contributed by atoms with Crippen molar-refractivity contribution in [2.75, 3.05) is 5.32 Å². The van der Waals surface area contributed by atoms with E-state index in [1.807, 2.05) is 20.8 Å². The minimum atomic E-state index is -4.43. The number of rotatable bonds is 4. The van der Waals surface area contributed by atoms with Gasteiger partial charge in [-0.25, -0.2) is 9.67 Å². The maximum atomic E-state index is 12.6. The molecule has 1 aromatic carbocycles. The van der Waals surface area contributed by atoms with Crippen LogP contribution in [0.1, 0.15) is 32.8 Å². The fourth-order valence-electron chi connectivity index (χ4n) is 2.79.